The molecule has 0 aromatic rings. The van der Waals surface area contributed by atoms with Gasteiger partial charge in [-0.25, -0.2) is 0 Å². The quantitative estimate of drug-likeness (QED) is 0.491. The third-order valence-corrected chi connectivity index (χ3v) is 2.90. The maximum absolute atomic E-state index is 11.6. The molecule has 5 nitrogen and oxygen atoms in total. The largest absolute Gasteiger partial charge is 0.550 e. The first kappa shape index (κ1) is 15.3. The minimum atomic E-state index is -1.26. The second-order valence-corrected chi connectivity index (χ2v) is 4.07. The molecule has 0 spiro atoms. The highest BCUT2D eigenvalue weighted by Crippen LogP contribution is 2.35. The van der Waals surface area contributed by atoms with Crippen molar-refractivity contribution in [2.45, 2.75) is 39.0 Å². The zero-order chi connectivity index (χ0) is 13.5. The molecule has 0 aliphatic carbocycles. The fourth-order valence-corrected chi connectivity index (χ4v) is 1.78. The minimum Gasteiger partial charge on any atom is -0.550 e. The van der Waals surface area contributed by atoms with Crippen LogP contribution in [0.1, 0.15) is 39.0 Å². The molecule has 0 aromatic heterocycles. The van der Waals surface area contributed by atoms with Crippen LogP contribution in [0, 0.1) is 5.41 Å². The number of hydrogen-bond acceptors (Lipinski definition) is 5. The zero-order valence-electron chi connectivity index (χ0n) is 9.86. The first-order valence-corrected chi connectivity index (χ1v) is 5.35. The lowest BCUT2D eigenvalue weighted by Crippen LogP contribution is -2.34. The highest BCUT2D eigenvalue weighted by atomic mass is 16.4. The van der Waals surface area contributed by atoms with Gasteiger partial charge in [-0.1, -0.05) is 6.08 Å². The molecule has 5 heteroatoms. The van der Waals surface area contributed by atoms with Crippen LogP contribution >= 0.6 is 0 Å². The molecule has 0 unspecified atom stereocenters. The lowest BCUT2D eigenvalue weighted by atomic mass is 9.73. The third kappa shape index (κ3) is 5.29. The van der Waals surface area contributed by atoms with Crippen molar-refractivity contribution in [3.05, 3.63) is 12.7 Å². The summed E-state index contributed by atoms with van der Waals surface area (Å²) >= 11 is 0. The van der Waals surface area contributed by atoms with Gasteiger partial charge in [-0.05, 0) is 39.0 Å². The predicted molar refractivity (Wildman–Crippen MR) is 56.4 cm³/mol. The SMILES string of the molecule is C=CCC(CCC(=O)[O-])(CCC(=O)[O-])C(C)=O. The van der Waals surface area contributed by atoms with E-state index in [1.807, 2.05) is 0 Å². The summed E-state index contributed by atoms with van der Waals surface area (Å²) in [5.74, 6) is -2.75. The maximum Gasteiger partial charge on any atom is 0.136 e. The molecule has 0 N–H and O–H groups in total. The molecule has 0 fully saturated rings. The van der Waals surface area contributed by atoms with E-state index in [1.54, 1.807) is 0 Å². The number of allylic oxidation sites excluding steroid dienone is 1. The molecular weight excluding hydrogens is 224 g/mol. The highest BCUT2D eigenvalue weighted by Gasteiger charge is 2.33. The summed E-state index contributed by atoms with van der Waals surface area (Å²) in [7, 11) is 0. The molecule has 0 amide bonds. The van der Waals surface area contributed by atoms with Gasteiger partial charge < -0.3 is 19.8 Å². The standard InChI is InChI=1S/C12H18O5/c1-3-6-12(9(2)13,7-4-10(14)15)8-5-11(16)17/h3H,1,4-8H2,2H3,(H,14,15)(H,16,17)/p-2. The van der Waals surface area contributed by atoms with Gasteiger partial charge in [0.05, 0.1) is 0 Å². The smallest absolute Gasteiger partial charge is 0.136 e. The molecule has 0 saturated heterocycles. The van der Waals surface area contributed by atoms with Crippen LogP contribution in [0.3, 0.4) is 0 Å². The number of carbonyl (C=O) groups is 3. The first-order valence-electron chi connectivity index (χ1n) is 5.35. The Kier molecular flexibility index (Phi) is 6.17. The van der Waals surface area contributed by atoms with Crippen molar-refractivity contribution in [2.24, 2.45) is 5.41 Å². The van der Waals surface area contributed by atoms with Crippen LogP contribution in [0.25, 0.3) is 0 Å². The van der Waals surface area contributed by atoms with E-state index in [-0.39, 0.29) is 37.9 Å². The molecule has 0 saturated carbocycles. The van der Waals surface area contributed by atoms with Gasteiger partial charge in [0.1, 0.15) is 5.78 Å². The number of carboxylic acid groups (broad SMARTS) is 2. The van der Waals surface area contributed by atoms with Crippen molar-refractivity contribution < 1.29 is 24.6 Å². The van der Waals surface area contributed by atoms with Crippen molar-refractivity contribution >= 4 is 17.7 Å². The highest BCUT2D eigenvalue weighted by molar-refractivity contribution is 5.83. The van der Waals surface area contributed by atoms with Crippen molar-refractivity contribution in [1.29, 1.82) is 0 Å². The first-order chi connectivity index (χ1) is 7.84. The number of aliphatic carboxylic acids is 2. The average molecular weight is 240 g/mol. The van der Waals surface area contributed by atoms with Gasteiger partial charge in [0.2, 0.25) is 0 Å². The van der Waals surface area contributed by atoms with Crippen LogP contribution < -0.4 is 10.2 Å². The Labute approximate surface area is 100 Å². The fourth-order valence-electron chi connectivity index (χ4n) is 1.78. The van der Waals surface area contributed by atoms with E-state index in [0.717, 1.165) is 0 Å². The monoisotopic (exact) mass is 240 g/mol. The van der Waals surface area contributed by atoms with Gasteiger partial charge in [-0.2, -0.15) is 0 Å². The molecule has 0 heterocycles. The van der Waals surface area contributed by atoms with Crippen molar-refractivity contribution in [1.82, 2.24) is 0 Å². The number of ketones is 1. The van der Waals surface area contributed by atoms with Gasteiger partial charge >= 0.3 is 0 Å². The van der Waals surface area contributed by atoms with E-state index in [0.29, 0.717) is 0 Å². The van der Waals surface area contributed by atoms with Crippen LogP contribution in [0.4, 0.5) is 0 Å². The van der Waals surface area contributed by atoms with E-state index < -0.39 is 17.4 Å². The summed E-state index contributed by atoms with van der Waals surface area (Å²) < 4.78 is 0. The summed E-state index contributed by atoms with van der Waals surface area (Å²) in [6.07, 6.45) is 1.31. The molecule has 0 aliphatic rings. The van der Waals surface area contributed by atoms with Crippen LogP contribution in [0.2, 0.25) is 0 Å². The average Bonchev–Trinajstić information content (AvgIpc) is 2.21. The van der Waals surface area contributed by atoms with Crippen molar-refractivity contribution in [3.63, 3.8) is 0 Å². The van der Waals surface area contributed by atoms with Crippen LogP contribution in [0.5, 0.6) is 0 Å². The Balaban J connectivity index is 4.83. The Hall–Kier alpha value is -1.65. The summed E-state index contributed by atoms with van der Waals surface area (Å²) in [5, 5.41) is 20.9. The van der Waals surface area contributed by atoms with E-state index >= 15 is 0 Å². The summed E-state index contributed by atoms with van der Waals surface area (Å²) in [6.45, 7) is 4.83. The van der Waals surface area contributed by atoms with E-state index in [1.165, 1.54) is 13.0 Å². The number of carboxylic acids is 2. The van der Waals surface area contributed by atoms with Crippen LogP contribution in [-0.4, -0.2) is 17.7 Å². The summed E-state index contributed by atoms with van der Waals surface area (Å²) in [4.78, 5) is 32.5. The van der Waals surface area contributed by atoms with Crippen LogP contribution in [-0.2, 0) is 14.4 Å². The second-order valence-electron chi connectivity index (χ2n) is 4.07. The molecule has 0 bridgehead atoms. The topological polar surface area (TPSA) is 97.3 Å². The molecule has 17 heavy (non-hydrogen) atoms. The lowest BCUT2D eigenvalue weighted by molar-refractivity contribution is -0.306. The second kappa shape index (κ2) is 6.83. The van der Waals surface area contributed by atoms with Crippen molar-refractivity contribution in [2.75, 3.05) is 0 Å². The van der Waals surface area contributed by atoms with Gasteiger partial charge in [-0.15, -0.1) is 6.58 Å². The predicted octanol–water partition coefficient (Wildman–Crippen LogP) is -0.802. The van der Waals surface area contributed by atoms with E-state index in [4.69, 9.17) is 0 Å². The molecule has 0 aliphatic heterocycles. The minimum absolute atomic E-state index is 0.0595. The molecular formula is C12H16O5-2. The summed E-state index contributed by atoms with van der Waals surface area (Å²) in [6, 6.07) is 0. The Morgan fingerprint density at radius 1 is 1.12 bits per heavy atom. The third-order valence-electron chi connectivity index (χ3n) is 2.90. The maximum atomic E-state index is 11.6. The lowest BCUT2D eigenvalue weighted by Gasteiger charge is -2.30. The molecule has 96 valence electrons. The number of hydrogen-bond donors (Lipinski definition) is 0. The van der Waals surface area contributed by atoms with Gasteiger partial charge in [0, 0.05) is 17.4 Å². The summed E-state index contributed by atoms with van der Waals surface area (Å²) in [5.41, 5.74) is -0.984. The fraction of sp³-hybridized carbons (Fsp3) is 0.583. The van der Waals surface area contributed by atoms with Gasteiger partial charge in [-0.3, -0.25) is 4.79 Å². The number of rotatable bonds is 9. The van der Waals surface area contributed by atoms with Crippen LogP contribution in [0.15, 0.2) is 12.7 Å². The number of Topliss-reactive ketones (excluding diaryl/α,β-unsaturated/α-hetero) is 1. The molecule has 0 atom stereocenters. The Bertz CT molecular complexity index is 301. The van der Waals surface area contributed by atoms with Gasteiger partial charge in [0.25, 0.3) is 0 Å². The molecule has 0 rings (SSSR count). The zero-order valence-corrected chi connectivity index (χ0v) is 9.86. The Morgan fingerprint density at radius 2 is 1.53 bits per heavy atom. The molecule has 0 aromatic carbocycles. The van der Waals surface area contributed by atoms with E-state index in [2.05, 4.69) is 6.58 Å². The van der Waals surface area contributed by atoms with E-state index in [9.17, 15) is 24.6 Å². The molecule has 0 radical (unpaired) electrons. The normalized spacial score (nSPS) is 10.9. The van der Waals surface area contributed by atoms with Crippen molar-refractivity contribution in [3.8, 4) is 0 Å². The Morgan fingerprint density at radius 3 is 1.76 bits per heavy atom. The number of carbonyl (C=O) groups excluding carboxylic acids is 3. The van der Waals surface area contributed by atoms with Gasteiger partial charge in [0.15, 0.2) is 0 Å².